The molecule has 1 aromatic heterocycles. The molecule has 3 rings (SSSR count). The Kier molecular flexibility index (Phi) is 6.15. The molecule has 2 aromatic rings. The molecule has 0 saturated carbocycles. The number of rotatable bonds is 4. The average molecular weight is 415 g/mol. The number of hydrogen-bond donors (Lipinski definition) is 2. The summed E-state index contributed by atoms with van der Waals surface area (Å²) in [5.41, 5.74) is -0.733. The van der Waals surface area contributed by atoms with Crippen molar-refractivity contribution in [1.82, 2.24) is 10.2 Å². The van der Waals surface area contributed by atoms with Crippen LogP contribution in [0.15, 0.2) is 47.8 Å². The van der Waals surface area contributed by atoms with Gasteiger partial charge in [-0.2, -0.15) is 0 Å². The molecule has 156 valence electrons. The minimum atomic E-state index is -1.13. The maximum Gasteiger partial charge on any atom is 0.251 e. The van der Waals surface area contributed by atoms with Gasteiger partial charge in [0.2, 0.25) is 5.91 Å². The summed E-state index contributed by atoms with van der Waals surface area (Å²) in [6.45, 7) is 8.33. The lowest BCUT2D eigenvalue weighted by Crippen LogP contribution is -2.63. The zero-order chi connectivity index (χ0) is 21.2. The van der Waals surface area contributed by atoms with Gasteiger partial charge in [-0.3, -0.25) is 9.59 Å². The highest BCUT2D eigenvalue weighted by atomic mass is 32.1. The van der Waals surface area contributed by atoms with Crippen molar-refractivity contribution in [3.63, 3.8) is 0 Å². The second-order valence-electron chi connectivity index (χ2n) is 9.21. The number of benzene rings is 1. The second kappa shape index (κ2) is 8.28. The van der Waals surface area contributed by atoms with Crippen molar-refractivity contribution in [3.05, 3.63) is 58.3 Å². The molecule has 0 aliphatic carbocycles. The van der Waals surface area contributed by atoms with E-state index in [9.17, 15) is 14.7 Å². The number of hydrogen-bond acceptors (Lipinski definition) is 4. The zero-order valence-corrected chi connectivity index (χ0v) is 18.3. The lowest BCUT2D eigenvalue weighted by Gasteiger charge is -2.49. The summed E-state index contributed by atoms with van der Waals surface area (Å²) in [4.78, 5) is 28.9. The van der Waals surface area contributed by atoms with Gasteiger partial charge in [0.05, 0.1) is 17.7 Å². The number of piperidine rings is 1. The van der Waals surface area contributed by atoms with Crippen molar-refractivity contribution in [2.24, 2.45) is 5.41 Å². The molecule has 1 saturated heterocycles. The van der Waals surface area contributed by atoms with Gasteiger partial charge in [0.15, 0.2) is 0 Å². The third kappa shape index (κ3) is 5.06. The number of likely N-dealkylation sites (tertiary alicyclic amines) is 1. The lowest BCUT2D eigenvalue weighted by atomic mass is 9.80. The largest absolute Gasteiger partial charge is 0.388 e. The molecule has 6 heteroatoms. The van der Waals surface area contributed by atoms with E-state index < -0.39 is 17.7 Å². The van der Waals surface area contributed by atoms with E-state index in [-0.39, 0.29) is 17.2 Å². The summed E-state index contributed by atoms with van der Waals surface area (Å²) in [6.07, 6.45) is 0.820. The Morgan fingerprint density at radius 3 is 2.48 bits per heavy atom. The number of nitrogens with one attached hydrogen (secondary N) is 1. The van der Waals surface area contributed by atoms with Gasteiger partial charge in [-0.1, -0.05) is 45.0 Å². The molecule has 3 atom stereocenters. The van der Waals surface area contributed by atoms with Crippen molar-refractivity contribution < 1.29 is 14.7 Å². The summed E-state index contributed by atoms with van der Waals surface area (Å²) in [7, 11) is 0. The molecule has 5 nitrogen and oxygen atoms in total. The molecule has 2 N–H and O–H groups in total. The smallest absolute Gasteiger partial charge is 0.251 e. The first-order chi connectivity index (χ1) is 13.6. The minimum Gasteiger partial charge on any atom is -0.388 e. The predicted molar refractivity (Wildman–Crippen MR) is 116 cm³/mol. The first-order valence-electron chi connectivity index (χ1n) is 10.00. The Labute approximate surface area is 176 Å². The molecule has 2 heterocycles. The summed E-state index contributed by atoms with van der Waals surface area (Å²) >= 11 is 1.54. The zero-order valence-electron chi connectivity index (χ0n) is 17.5. The third-order valence-corrected chi connectivity index (χ3v) is 6.28. The van der Waals surface area contributed by atoms with Crippen LogP contribution in [0, 0.1) is 5.41 Å². The standard InChI is InChI=1S/C23H30N2O3S/c1-22(2,3)15-18(26)25-13-12-23(4,28)20(19(25)17-11-8-14-29-17)24-21(27)16-9-6-5-7-10-16/h5-11,14,19-20,28H,12-13,15H2,1-4H3,(H,24,27)/t19-,20-,23+/m0/s1. The predicted octanol–water partition coefficient (Wildman–Crippen LogP) is 4.01. The van der Waals surface area contributed by atoms with Gasteiger partial charge in [0.25, 0.3) is 5.91 Å². The van der Waals surface area contributed by atoms with Gasteiger partial charge in [-0.05, 0) is 42.3 Å². The fourth-order valence-corrected chi connectivity index (χ4v) is 4.70. The first-order valence-corrected chi connectivity index (χ1v) is 10.9. The highest BCUT2D eigenvalue weighted by molar-refractivity contribution is 7.10. The van der Waals surface area contributed by atoms with Crippen molar-refractivity contribution in [3.8, 4) is 0 Å². The van der Waals surface area contributed by atoms with E-state index in [1.807, 2.05) is 61.4 Å². The number of carbonyl (C=O) groups excluding carboxylic acids is 2. The Morgan fingerprint density at radius 2 is 1.90 bits per heavy atom. The molecule has 0 radical (unpaired) electrons. The molecule has 1 aromatic carbocycles. The van der Waals surface area contributed by atoms with Crippen LogP contribution < -0.4 is 5.32 Å². The highest BCUT2D eigenvalue weighted by Gasteiger charge is 2.48. The monoisotopic (exact) mass is 414 g/mol. The molecular weight excluding hydrogens is 384 g/mol. The van der Waals surface area contributed by atoms with Crippen LogP contribution in [0.3, 0.4) is 0 Å². The van der Waals surface area contributed by atoms with E-state index >= 15 is 0 Å². The maximum absolute atomic E-state index is 13.2. The third-order valence-electron chi connectivity index (χ3n) is 5.34. The van der Waals surface area contributed by atoms with Crippen molar-refractivity contribution in [2.75, 3.05) is 6.54 Å². The Balaban J connectivity index is 1.95. The van der Waals surface area contributed by atoms with Gasteiger partial charge in [0, 0.05) is 23.4 Å². The van der Waals surface area contributed by atoms with Crippen LogP contribution in [0.4, 0.5) is 0 Å². The first kappa shape index (κ1) is 21.5. The van der Waals surface area contributed by atoms with E-state index in [1.165, 1.54) is 11.3 Å². The molecule has 1 aliphatic rings. The quantitative estimate of drug-likeness (QED) is 0.794. The summed E-state index contributed by atoms with van der Waals surface area (Å²) < 4.78 is 0. The van der Waals surface area contributed by atoms with Crippen LogP contribution in [0.5, 0.6) is 0 Å². The van der Waals surface area contributed by atoms with E-state index in [1.54, 1.807) is 19.1 Å². The number of aliphatic hydroxyl groups is 1. The normalized spacial score (nSPS) is 24.9. The van der Waals surface area contributed by atoms with Crippen molar-refractivity contribution in [1.29, 1.82) is 0 Å². The number of amides is 2. The summed E-state index contributed by atoms with van der Waals surface area (Å²) in [6, 6.07) is 11.9. The van der Waals surface area contributed by atoms with Crippen molar-refractivity contribution >= 4 is 23.2 Å². The number of carbonyl (C=O) groups is 2. The fourth-order valence-electron chi connectivity index (χ4n) is 3.82. The molecule has 1 fully saturated rings. The second-order valence-corrected chi connectivity index (χ2v) is 10.2. The molecule has 29 heavy (non-hydrogen) atoms. The number of thiophene rings is 1. The van der Waals surface area contributed by atoms with Gasteiger partial charge in [-0.15, -0.1) is 11.3 Å². The Hall–Kier alpha value is -2.18. The van der Waals surface area contributed by atoms with E-state index in [4.69, 9.17) is 0 Å². The summed E-state index contributed by atoms with van der Waals surface area (Å²) in [5, 5.41) is 16.2. The van der Waals surface area contributed by atoms with E-state index in [0.29, 0.717) is 24.9 Å². The average Bonchev–Trinajstić information content (AvgIpc) is 3.16. The van der Waals surface area contributed by atoms with Crippen LogP contribution in [-0.4, -0.2) is 40.0 Å². The van der Waals surface area contributed by atoms with Gasteiger partial charge in [-0.25, -0.2) is 0 Å². The molecule has 2 amide bonds. The minimum absolute atomic E-state index is 0.0466. The molecular formula is C23H30N2O3S. The topological polar surface area (TPSA) is 69.6 Å². The van der Waals surface area contributed by atoms with E-state index in [2.05, 4.69) is 5.32 Å². The van der Waals surface area contributed by atoms with Gasteiger partial charge < -0.3 is 15.3 Å². The van der Waals surface area contributed by atoms with Crippen LogP contribution in [0.25, 0.3) is 0 Å². The van der Waals surface area contributed by atoms with Crippen LogP contribution in [-0.2, 0) is 4.79 Å². The summed E-state index contributed by atoms with van der Waals surface area (Å²) in [5.74, 6) is -0.201. The molecule has 0 bridgehead atoms. The highest BCUT2D eigenvalue weighted by Crippen LogP contribution is 2.40. The molecule has 0 unspecified atom stereocenters. The van der Waals surface area contributed by atoms with Crippen LogP contribution >= 0.6 is 11.3 Å². The lowest BCUT2D eigenvalue weighted by molar-refractivity contribution is -0.144. The molecule has 0 spiro atoms. The maximum atomic E-state index is 13.2. The van der Waals surface area contributed by atoms with Crippen molar-refractivity contribution in [2.45, 2.75) is 58.2 Å². The Bertz CT molecular complexity index is 841. The molecule has 1 aliphatic heterocycles. The van der Waals surface area contributed by atoms with Gasteiger partial charge >= 0.3 is 0 Å². The van der Waals surface area contributed by atoms with E-state index in [0.717, 1.165) is 4.88 Å². The fraction of sp³-hybridized carbons (Fsp3) is 0.478. The SMILES string of the molecule is CC(C)(C)CC(=O)N1CC[C@@](C)(O)[C@@H](NC(=O)c2ccccc2)[C@@H]1c1cccs1. The van der Waals surface area contributed by atoms with Gasteiger partial charge in [0.1, 0.15) is 0 Å². The Morgan fingerprint density at radius 1 is 1.21 bits per heavy atom. The van der Waals surface area contributed by atoms with Crippen LogP contribution in [0.2, 0.25) is 0 Å². The van der Waals surface area contributed by atoms with Crippen LogP contribution in [0.1, 0.15) is 61.8 Å². The number of nitrogens with zero attached hydrogens (tertiary/aromatic N) is 1.